The lowest BCUT2D eigenvalue weighted by Crippen LogP contribution is -2.50. The Balaban J connectivity index is 1.97. The van der Waals surface area contributed by atoms with Gasteiger partial charge in [0.05, 0.1) is 19.2 Å². The van der Waals surface area contributed by atoms with Crippen LogP contribution in [-0.4, -0.2) is 61.5 Å². The van der Waals surface area contributed by atoms with Crippen LogP contribution in [0.2, 0.25) is 0 Å². The van der Waals surface area contributed by atoms with Gasteiger partial charge in [0.2, 0.25) is 0 Å². The lowest BCUT2D eigenvalue weighted by molar-refractivity contribution is -0.142. The summed E-state index contributed by atoms with van der Waals surface area (Å²) in [6, 6.07) is 5.69. The van der Waals surface area contributed by atoms with Crippen molar-refractivity contribution in [3.8, 4) is 0 Å². The number of rotatable bonds is 3. The van der Waals surface area contributed by atoms with Crippen LogP contribution in [0.1, 0.15) is 15.9 Å². The van der Waals surface area contributed by atoms with Gasteiger partial charge < -0.3 is 9.64 Å². The van der Waals surface area contributed by atoms with Crippen LogP contribution < -0.4 is 0 Å². The van der Waals surface area contributed by atoms with E-state index in [2.05, 4.69) is 20.7 Å². The lowest BCUT2D eigenvalue weighted by atomic mass is 10.1. The van der Waals surface area contributed by atoms with Crippen molar-refractivity contribution < 1.29 is 14.3 Å². The number of halogens is 1. The maximum Gasteiger partial charge on any atom is 0.319 e. The first-order chi connectivity index (χ1) is 10.0. The van der Waals surface area contributed by atoms with Crippen LogP contribution >= 0.6 is 15.9 Å². The highest BCUT2D eigenvalue weighted by Gasteiger charge is 2.24. The molecule has 1 fully saturated rings. The van der Waals surface area contributed by atoms with Crippen molar-refractivity contribution in [1.82, 2.24) is 9.80 Å². The van der Waals surface area contributed by atoms with E-state index < -0.39 is 0 Å². The normalized spacial score (nSPS) is 15.9. The summed E-state index contributed by atoms with van der Waals surface area (Å²) in [7, 11) is 1.39. The summed E-state index contributed by atoms with van der Waals surface area (Å²) in [5, 5.41) is 0. The van der Waals surface area contributed by atoms with E-state index in [0.717, 1.165) is 10.0 Å². The lowest BCUT2D eigenvalue weighted by Gasteiger charge is -2.34. The first-order valence-electron chi connectivity index (χ1n) is 6.86. The standard InChI is InChI=1S/C15H19BrN2O3/c1-11-4-3-5-12(14(11)16)15(20)18-8-6-17(7-9-18)10-13(19)21-2/h3-5H,6-10H2,1-2H3. The van der Waals surface area contributed by atoms with Gasteiger partial charge in [-0.3, -0.25) is 14.5 Å². The smallest absolute Gasteiger partial charge is 0.319 e. The fourth-order valence-electron chi connectivity index (χ4n) is 2.34. The third kappa shape index (κ3) is 3.83. The SMILES string of the molecule is COC(=O)CN1CCN(C(=O)c2cccc(C)c2Br)CC1. The second-order valence-corrected chi connectivity index (χ2v) is 5.87. The molecule has 5 nitrogen and oxygen atoms in total. The van der Waals surface area contributed by atoms with E-state index >= 15 is 0 Å². The molecule has 1 saturated heterocycles. The maximum atomic E-state index is 12.5. The van der Waals surface area contributed by atoms with Gasteiger partial charge in [-0.05, 0) is 34.5 Å². The summed E-state index contributed by atoms with van der Waals surface area (Å²) in [5.41, 5.74) is 1.74. The molecule has 1 aliphatic rings. The Bertz CT molecular complexity index is 540. The van der Waals surface area contributed by atoms with Crippen molar-refractivity contribution in [2.45, 2.75) is 6.92 Å². The largest absolute Gasteiger partial charge is 0.468 e. The predicted octanol–water partition coefficient (Wildman–Crippen LogP) is 1.69. The van der Waals surface area contributed by atoms with Gasteiger partial charge in [-0.2, -0.15) is 0 Å². The monoisotopic (exact) mass is 354 g/mol. The van der Waals surface area contributed by atoms with Gasteiger partial charge in [0.15, 0.2) is 0 Å². The molecule has 0 radical (unpaired) electrons. The van der Waals surface area contributed by atoms with E-state index in [9.17, 15) is 9.59 Å². The minimum absolute atomic E-state index is 0.0308. The Labute approximate surface area is 133 Å². The van der Waals surface area contributed by atoms with E-state index in [-0.39, 0.29) is 18.4 Å². The number of hydrogen-bond donors (Lipinski definition) is 0. The van der Waals surface area contributed by atoms with Gasteiger partial charge >= 0.3 is 5.97 Å². The molecule has 2 rings (SSSR count). The van der Waals surface area contributed by atoms with Crippen molar-refractivity contribution in [3.63, 3.8) is 0 Å². The predicted molar refractivity (Wildman–Crippen MR) is 83.2 cm³/mol. The highest BCUT2D eigenvalue weighted by atomic mass is 79.9. The van der Waals surface area contributed by atoms with E-state index in [4.69, 9.17) is 0 Å². The highest BCUT2D eigenvalue weighted by Crippen LogP contribution is 2.22. The quantitative estimate of drug-likeness (QED) is 0.775. The molecule has 1 heterocycles. The van der Waals surface area contributed by atoms with Crippen molar-refractivity contribution in [1.29, 1.82) is 0 Å². The Morgan fingerprint density at radius 2 is 1.90 bits per heavy atom. The molecule has 0 atom stereocenters. The molecule has 6 heteroatoms. The number of benzene rings is 1. The van der Waals surface area contributed by atoms with Crippen LogP contribution in [0.5, 0.6) is 0 Å². The van der Waals surface area contributed by atoms with E-state index in [1.807, 2.05) is 34.9 Å². The van der Waals surface area contributed by atoms with E-state index in [0.29, 0.717) is 31.7 Å². The van der Waals surface area contributed by atoms with E-state index in [1.54, 1.807) is 0 Å². The van der Waals surface area contributed by atoms with Gasteiger partial charge in [-0.15, -0.1) is 0 Å². The van der Waals surface area contributed by atoms with Crippen molar-refractivity contribution in [3.05, 3.63) is 33.8 Å². The fourth-order valence-corrected chi connectivity index (χ4v) is 2.77. The third-order valence-corrected chi connectivity index (χ3v) is 4.71. The second-order valence-electron chi connectivity index (χ2n) is 5.08. The molecule has 0 saturated carbocycles. The summed E-state index contributed by atoms with van der Waals surface area (Å²) in [4.78, 5) is 27.6. The Hall–Kier alpha value is -1.40. The van der Waals surface area contributed by atoms with Crippen LogP contribution in [0.3, 0.4) is 0 Å². The van der Waals surface area contributed by atoms with Crippen LogP contribution in [0.4, 0.5) is 0 Å². The molecule has 1 aliphatic heterocycles. The Morgan fingerprint density at radius 3 is 2.52 bits per heavy atom. The zero-order valence-electron chi connectivity index (χ0n) is 12.3. The molecule has 0 bridgehead atoms. The first kappa shape index (κ1) is 16.0. The zero-order valence-corrected chi connectivity index (χ0v) is 13.9. The molecule has 0 unspecified atom stereocenters. The third-order valence-electron chi connectivity index (χ3n) is 3.66. The summed E-state index contributed by atoms with van der Waals surface area (Å²) in [5.74, 6) is -0.209. The molecular formula is C15H19BrN2O3. The molecule has 1 aromatic carbocycles. The second kappa shape index (κ2) is 7.04. The van der Waals surface area contributed by atoms with Gasteiger partial charge in [0.25, 0.3) is 5.91 Å². The van der Waals surface area contributed by atoms with Gasteiger partial charge in [0.1, 0.15) is 0 Å². The Morgan fingerprint density at radius 1 is 1.24 bits per heavy atom. The number of aryl methyl sites for hydroxylation is 1. The van der Waals surface area contributed by atoms with Crippen molar-refractivity contribution in [2.75, 3.05) is 39.8 Å². The molecule has 0 aromatic heterocycles. The fraction of sp³-hybridized carbons (Fsp3) is 0.467. The van der Waals surface area contributed by atoms with Crippen LogP contribution in [0, 0.1) is 6.92 Å². The molecule has 21 heavy (non-hydrogen) atoms. The average molecular weight is 355 g/mol. The topological polar surface area (TPSA) is 49.9 Å². The van der Waals surface area contributed by atoms with Crippen LogP contribution in [0.15, 0.2) is 22.7 Å². The summed E-state index contributed by atoms with van der Waals surface area (Å²) in [6.45, 7) is 4.86. The molecule has 0 spiro atoms. The number of ether oxygens (including phenoxy) is 1. The molecular weight excluding hydrogens is 336 g/mol. The van der Waals surface area contributed by atoms with Gasteiger partial charge in [-0.1, -0.05) is 12.1 Å². The van der Waals surface area contributed by atoms with E-state index in [1.165, 1.54) is 7.11 Å². The minimum Gasteiger partial charge on any atom is -0.468 e. The van der Waals surface area contributed by atoms with Crippen molar-refractivity contribution in [2.24, 2.45) is 0 Å². The minimum atomic E-state index is -0.240. The summed E-state index contributed by atoms with van der Waals surface area (Å²) < 4.78 is 5.51. The number of carbonyl (C=O) groups is 2. The summed E-state index contributed by atoms with van der Waals surface area (Å²) in [6.07, 6.45) is 0. The molecule has 1 amide bonds. The summed E-state index contributed by atoms with van der Waals surface area (Å²) >= 11 is 3.48. The number of piperazine rings is 1. The van der Waals surface area contributed by atoms with Crippen LogP contribution in [-0.2, 0) is 9.53 Å². The van der Waals surface area contributed by atoms with Gasteiger partial charge in [-0.25, -0.2) is 0 Å². The number of esters is 1. The number of amides is 1. The van der Waals surface area contributed by atoms with Crippen LogP contribution in [0.25, 0.3) is 0 Å². The zero-order chi connectivity index (χ0) is 15.4. The number of hydrogen-bond acceptors (Lipinski definition) is 4. The molecule has 114 valence electrons. The number of methoxy groups -OCH3 is 1. The van der Waals surface area contributed by atoms with Crippen molar-refractivity contribution >= 4 is 27.8 Å². The Kier molecular flexibility index (Phi) is 5.36. The highest BCUT2D eigenvalue weighted by molar-refractivity contribution is 9.10. The maximum absolute atomic E-state index is 12.5. The van der Waals surface area contributed by atoms with Gasteiger partial charge in [0, 0.05) is 30.7 Å². The molecule has 0 N–H and O–H groups in total. The average Bonchev–Trinajstić information content (AvgIpc) is 2.50. The molecule has 0 aliphatic carbocycles. The number of nitrogens with zero attached hydrogens (tertiary/aromatic N) is 2. The molecule has 1 aromatic rings. The first-order valence-corrected chi connectivity index (χ1v) is 7.65. The number of carbonyl (C=O) groups excluding carboxylic acids is 2.